The number of rotatable bonds is 2. The van der Waals surface area contributed by atoms with Gasteiger partial charge < -0.3 is 0 Å². The van der Waals surface area contributed by atoms with Crippen LogP contribution >= 0.6 is 0 Å². The molecule has 0 aliphatic heterocycles. The molecule has 0 saturated heterocycles. The van der Waals surface area contributed by atoms with Gasteiger partial charge in [0.15, 0.2) is 5.69 Å². The topological polar surface area (TPSA) is 17.8 Å². The SMILES string of the molecule is C=Cc1cn(CC)nc1C(F)(F)F. The zero-order valence-electron chi connectivity index (χ0n) is 7.10. The maximum atomic E-state index is 12.3. The monoisotopic (exact) mass is 190 g/mol. The summed E-state index contributed by atoms with van der Waals surface area (Å²) in [5, 5.41) is 3.39. The van der Waals surface area contributed by atoms with Crippen LogP contribution in [0.25, 0.3) is 6.08 Å². The van der Waals surface area contributed by atoms with Crippen LogP contribution in [0.4, 0.5) is 13.2 Å². The van der Waals surface area contributed by atoms with Gasteiger partial charge in [0.1, 0.15) is 0 Å². The number of hydrogen-bond donors (Lipinski definition) is 0. The molecule has 2 nitrogen and oxygen atoms in total. The fourth-order valence-electron chi connectivity index (χ4n) is 0.968. The molecule has 13 heavy (non-hydrogen) atoms. The van der Waals surface area contributed by atoms with Crippen LogP contribution in [0.1, 0.15) is 18.2 Å². The molecule has 0 aliphatic rings. The van der Waals surface area contributed by atoms with Crippen molar-refractivity contribution >= 4 is 6.08 Å². The molecule has 0 spiro atoms. The van der Waals surface area contributed by atoms with E-state index in [-0.39, 0.29) is 5.56 Å². The summed E-state index contributed by atoms with van der Waals surface area (Å²) in [6, 6.07) is 0. The van der Waals surface area contributed by atoms with E-state index in [1.54, 1.807) is 6.92 Å². The lowest BCUT2D eigenvalue weighted by Crippen LogP contribution is -2.08. The quantitative estimate of drug-likeness (QED) is 0.700. The van der Waals surface area contributed by atoms with Crippen molar-refractivity contribution in [3.8, 4) is 0 Å². The Bertz CT molecular complexity index is 312. The molecule has 0 bridgehead atoms. The second-order valence-electron chi connectivity index (χ2n) is 2.49. The predicted octanol–water partition coefficient (Wildman–Crippen LogP) is 2.56. The van der Waals surface area contributed by atoms with Crippen molar-refractivity contribution in [2.75, 3.05) is 0 Å². The Morgan fingerprint density at radius 1 is 1.62 bits per heavy atom. The summed E-state index contributed by atoms with van der Waals surface area (Å²) >= 11 is 0. The van der Waals surface area contributed by atoms with Gasteiger partial charge >= 0.3 is 6.18 Å². The molecule has 5 heteroatoms. The van der Waals surface area contributed by atoms with Crippen molar-refractivity contribution in [2.24, 2.45) is 0 Å². The van der Waals surface area contributed by atoms with Gasteiger partial charge in [-0.1, -0.05) is 12.7 Å². The summed E-state index contributed by atoms with van der Waals surface area (Å²) < 4.78 is 38.0. The Labute approximate surface area is 73.7 Å². The Kier molecular flexibility index (Phi) is 2.45. The first-order valence-corrected chi connectivity index (χ1v) is 3.76. The van der Waals surface area contributed by atoms with Gasteiger partial charge in [-0.05, 0) is 6.92 Å². The molecule has 0 amide bonds. The maximum absolute atomic E-state index is 12.3. The van der Waals surface area contributed by atoms with Gasteiger partial charge in [-0.25, -0.2) is 0 Å². The van der Waals surface area contributed by atoms with E-state index in [4.69, 9.17) is 0 Å². The number of aromatic nitrogens is 2. The van der Waals surface area contributed by atoms with Crippen LogP contribution in [0.5, 0.6) is 0 Å². The fraction of sp³-hybridized carbons (Fsp3) is 0.375. The second kappa shape index (κ2) is 3.24. The van der Waals surface area contributed by atoms with E-state index in [9.17, 15) is 13.2 Å². The molecule has 0 radical (unpaired) electrons. The molecular formula is C8H9F3N2. The van der Waals surface area contributed by atoms with Crippen molar-refractivity contribution in [3.63, 3.8) is 0 Å². The standard InChI is InChI=1S/C8H9F3N2/c1-3-6-5-13(4-2)12-7(6)8(9,10)11/h3,5H,1,4H2,2H3. The summed E-state index contributed by atoms with van der Waals surface area (Å²) in [4.78, 5) is 0. The molecule has 0 N–H and O–H groups in total. The first-order chi connectivity index (χ1) is 5.99. The minimum atomic E-state index is -4.40. The van der Waals surface area contributed by atoms with Gasteiger partial charge in [0.2, 0.25) is 0 Å². The van der Waals surface area contributed by atoms with Crippen LogP contribution in [-0.2, 0) is 12.7 Å². The predicted molar refractivity (Wildman–Crippen MR) is 43.0 cm³/mol. The number of alkyl halides is 3. The molecule has 0 unspecified atom stereocenters. The molecule has 1 aromatic rings. The lowest BCUT2D eigenvalue weighted by atomic mass is 10.2. The lowest BCUT2D eigenvalue weighted by Gasteiger charge is -2.02. The first-order valence-electron chi connectivity index (χ1n) is 3.76. The largest absolute Gasteiger partial charge is 0.435 e. The minimum Gasteiger partial charge on any atom is -0.272 e. The zero-order valence-corrected chi connectivity index (χ0v) is 7.10. The smallest absolute Gasteiger partial charge is 0.272 e. The highest BCUT2D eigenvalue weighted by Crippen LogP contribution is 2.30. The third-order valence-electron chi connectivity index (χ3n) is 1.60. The van der Waals surface area contributed by atoms with Crippen LogP contribution in [-0.4, -0.2) is 9.78 Å². The summed E-state index contributed by atoms with van der Waals surface area (Å²) in [5.74, 6) is 0. The van der Waals surface area contributed by atoms with Gasteiger partial charge in [0.25, 0.3) is 0 Å². The number of aryl methyl sites for hydroxylation is 1. The molecule has 0 aromatic carbocycles. The molecular weight excluding hydrogens is 181 g/mol. The zero-order chi connectivity index (χ0) is 10.1. The van der Waals surface area contributed by atoms with Crippen molar-refractivity contribution in [3.05, 3.63) is 24.0 Å². The molecule has 1 heterocycles. The molecule has 1 rings (SSSR count). The first kappa shape index (κ1) is 9.83. The number of hydrogen-bond acceptors (Lipinski definition) is 1. The molecule has 0 fully saturated rings. The molecule has 1 aromatic heterocycles. The third kappa shape index (κ3) is 1.91. The van der Waals surface area contributed by atoms with E-state index in [0.29, 0.717) is 6.54 Å². The minimum absolute atomic E-state index is 0.0225. The highest BCUT2D eigenvalue weighted by atomic mass is 19.4. The summed E-state index contributed by atoms with van der Waals surface area (Å²) in [6.45, 7) is 5.44. The highest BCUT2D eigenvalue weighted by Gasteiger charge is 2.36. The van der Waals surface area contributed by atoms with E-state index >= 15 is 0 Å². The number of halogens is 3. The van der Waals surface area contributed by atoms with Crippen LogP contribution in [0.15, 0.2) is 12.8 Å². The fourth-order valence-corrected chi connectivity index (χ4v) is 0.968. The van der Waals surface area contributed by atoms with Gasteiger partial charge in [-0.15, -0.1) is 0 Å². The Morgan fingerprint density at radius 3 is 2.54 bits per heavy atom. The normalized spacial score (nSPS) is 11.7. The van der Waals surface area contributed by atoms with Gasteiger partial charge in [-0.3, -0.25) is 4.68 Å². The van der Waals surface area contributed by atoms with E-state index in [0.717, 1.165) is 6.08 Å². The summed E-state index contributed by atoms with van der Waals surface area (Å²) in [6.07, 6.45) is -1.91. The maximum Gasteiger partial charge on any atom is 0.435 e. The number of nitrogens with zero attached hydrogens (tertiary/aromatic N) is 2. The summed E-state index contributed by atoms with van der Waals surface area (Å²) in [5.41, 5.74) is -0.848. The summed E-state index contributed by atoms with van der Waals surface area (Å²) in [7, 11) is 0. The van der Waals surface area contributed by atoms with Crippen molar-refractivity contribution in [1.82, 2.24) is 9.78 Å². The van der Waals surface area contributed by atoms with E-state index in [1.165, 1.54) is 10.9 Å². The molecule has 0 saturated carbocycles. The van der Waals surface area contributed by atoms with Gasteiger partial charge in [-0.2, -0.15) is 18.3 Å². The van der Waals surface area contributed by atoms with E-state index in [2.05, 4.69) is 11.7 Å². The van der Waals surface area contributed by atoms with Gasteiger partial charge in [0.05, 0.1) is 0 Å². The van der Waals surface area contributed by atoms with Gasteiger partial charge in [0, 0.05) is 18.3 Å². The van der Waals surface area contributed by atoms with Crippen LogP contribution < -0.4 is 0 Å². The Hall–Kier alpha value is -1.26. The van der Waals surface area contributed by atoms with E-state index in [1.807, 2.05) is 0 Å². The average molecular weight is 190 g/mol. The molecule has 72 valence electrons. The van der Waals surface area contributed by atoms with Crippen LogP contribution in [0, 0.1) is 0 Å². The lowest BCUT2D eigenvalue weighted by molar-refractivity contribution is -0.141. The Morgan fingerprint density at radius 2 is 2.23 bits per heavy atom. The molecule has 0 aliphatic carbocycles. The van der Waals surface area contributed by atoms with Crippen LogP contribution in [0.3, 0.4) is 0 Å². The van der Waals surface area contributed by atoms with E-state index < -0.39 is 11.9 Å². The highest BCUT2D eigenvalue weighted by molar-refractivity contribution is 5.49. The van der Waals surface area contributed by atoms with Crippen molar-refractivity contribution < 1.29 is 13.2 Å². The second-order valence-corrected chi connectivity index (χ2v) is 2.49. The molecule has 0 atom stereocenters. The Balaban J connectivity index is 3.19. The average Bonchev–Trinajstić information content (AvgIpc) is 2.46. The third-order valence-corrected chi connectivity index (χ3v) is 1.60. The van der Waals surface area contributed by atoms with Crippen molar-refractivity contribution in [2.45, 2.75) is 19.6 Å². The van der Waals surface area contributed by atoms with Crippen LogP contribution in [0.2, 0.25) is 0 Å². The van der Waals surface area contributed by atoms with Crippen molar-refractivity contribution in [1.29, 1.82) is 0 Å².